The SMILES string of the molecule is CN=C(NCCOc1ccc(C)cc1)N1CCS(=O)(=O)C(C)(C)C1.I. The number of benzene rings is 1. The van der Waals surface area contributed by atoms with Crippen molar-refractivity contribution >= 4 is 39.8 Å². The Balaban J connectivity index is 0.00000312. The largest absolute Gasteiger partial charge is 0.492 e. The molecule has 2 rings (SSSR count). The molecule has 0 aliphatic carbocycles. The van der Waals surface area contributed by atoms with E-state index in [-0.39, 0.29) is 29.7 Å². The van der Waals surface area contributed by atoms with Gasteiger partial charge in [0, 0.05) is 20.1 Å². The Morgan fingerprint density at radius 1 is 1.32 bits per heavy atom. The van der Waals surface area contributed by atoms with Gasteiger partial charge < -0.3 is 15.0 Å². The highest BCUT2D eigenvalue weighted by atomic mass is 127. The van der Waals surface area contributed by atoms with E-state index in [0.29, 0.717) is 32.2 Å². The molecule has 1 aliphatic heterocycles. The van der Waals surface area contributed by atoms with E-state index in [1.165, 1.54) is 5.56 Å². The second-order valence-electron chi connectivity index (χ2n) is 6.64. The van der Waals surface area contributed by atoms with Crippen molar-refractivity contribution < 1.29 is 13.2 Å². The van der Waals surface area contributed by atoms with Crippen LogP contribution in [0.2, 0.25) is 0 Å². The van der Waals surface area contributed by atoms with E-state index >= 15 is 0 Å². The van der Waals surface area contributed by atoms with E-state index in [4.69, 9.17) is 4.74 Å². The molecule has 0 amide bonds. The minimum atomic E-state index is -3.05. The molecule has 142 valence electrons. The summed E-state index contributed by atoms with van der Waals surface area (Å²) in [4.78, 5) is 6.26. The molecule has 0 saturated carbocycles. The van der Waals surface area contributed by atoms with Gasteiger partial charge in [0.05, 0.1) is 17.0 Å². The maximum atomic E-state index is 12.1. The molecule has 0 radical (unpaired) electrons. The highest BCUT2D eigenvalue weighted by molar-refractivity contribution is 14.0. The summed E-state index contributed by atoms with van der Waals surface area (Å²) >= 11 is 0. The molecule has 0 atom stereocenters. The predicted octanol–water partition coefficient (Wildman–Crippen LogP) is 2.08. The molecule has 0 unspecified atom stereocenters. The number of ether oxygens (including phenoxy) is 1. The fourth-order valence-corrected chi connectivity index (χ4v) is 3.99. The molecule has 1 aromatic carbocycles. The van der Waals surface area contributed by atoms with Crippen LogP contribution in [-0.4, -0.2) is 63.1 Å². The Hall–Kier alpha value is -1.03. The van der Waals surface area contributed by atoms with Gasteiger partial charge in [-0.3, -0.25) is 4.99 Å². The summed E-state index contributed by atoms with van der Waals surface area (Å²) in [6.45, 7) is 7.58. The monoisotopic (exact) mass is 481 g/mol. The van der Waals surface area contributed by atoms with Crippen LogP contribution in [0, 0.1) is 6.92 Å². The summed E-state index contributed by atoms with van der Waals surface area (Å²) in [6, 6.07) is 7.92. The Morgan fingerprint density at radius 3 is 2.52 bits per heavy atom. The lowest BCUT2D eigenvalue weighted by Gasteiger charge is -2.39. The number of halogens is 1. The lowest BCUT2D eigenvalue weighted by molar-refractivity contribution is 0.313. The Kier molecular flexibility index (Phi) is 7.98. The first kappa shape index (κ1) is 22.0. The van der Waals surface area contributed by atoms with Crippen LogP contribution < -0.4 is 10.1 Å². The molecular weight excluding hydrogens is 453 g/mol. The molecule has 6 nitrogen and oxygen atoms in total. The van der Waals surface area contributed by atoms with E-state index in [2.05, 4.69) is 10.3 Å². The van der Waals surface area contributed by atoms with Crippen LogP contribution in [-0.2, 0) is 9.84 Å². The molecule has 0 spiro atoms. The van der Waals surface area contributed by atoms with Crippen LogP contribution in [0.1, 0.15) is 19.4 Å². The number of aliphatic imine (C=N–C) groups is 1. The van der Waals surface area contributed by atoms with Crippen LogP contribution in [0.3, 0.4) is 0 Å². The highest BCUT2D eigenvalue weighted by Crippen LogP contribution is 2.23. The highest BCUT2D eigenvalue weighted by Gasteiger charge is 2.40. The standard InChI is InChI=1S/C17H27N3O3S.HI/c1-14-5-7-15(8-6-14)23-11-9-19-16(18-4)20-10-12-24(21,22)17(2,3)13-20;/h5-8H,9-13H2,1-4H3,(H,18,19);1H. The second kappa shape index (κ2) is 9.07. The third-order valence-electron chi connectivity index (χ3n) is 4.23. The van der Waals surface area contributed by atoms with Crippen molar-refractivity contribution in [3.8, 4) is 5.75 Å². The summed E-state index contributed by atoms with van der Waals surface area (Å²) in [5.74, 6) is 1.70. The molecule has 1 saturated heterocycles. The van der Waals surface area contributed by atoms with Crippen LogP contribution >= 0.6 is 24.0 Å². The van der Waals surface area contributed by atoms with Crippen molar-refractivity contribution in [1.82, 2.24) is 10.2 Å². The first-order chi connectivity index (χ1) is 11.2. The number of aryl methyl sites for hydroxylation is 1. The van der Waals surface area contributed by atoms with Gasteiger partial charge in [-0.1, -0.05) is 17.7 Å². The van der Waals surface area contributed by atoms with Crippen molar-refractivity contribution in [2.24, 2.45) is 4.99 Å². The maximum absolute atomic E-state index is 12.1. The second-order valence-corrected chi connectivity index (χ2v) is 9.38. The molecule has 0 aromatic heterocycles. The Labute approximate surface area is 168 Å². The zero-order valence-corrected chi connectivity index (χ0v) is 18.4. The van der Waals surface area contributed by atoms with E-state index in [1.54, 1.807) is 20.9 Å². The fraction of sp³-hybridized carbons (Fsp3) is 0.588. The molecule has 8 heteroatoms. The average Bonchev–Trinajstić information content (AvgIpc) is 2.52. The van der Waals surface area contributed by atoms with Crippen LogP contribution in [0.15, 0.2) is 29.3 Å². The third kappa shape index (κ3) is 5.73. The number of nitrogens with one attached hydrogen (secondary N) is 1. The predicted molar refractivity (Wildman–Crippen MR) is 113 cm³/mol. The third-order valence-corrected chi connectivity index (χ3v) is 6.76. The first-order valence-electron chi connectivity index (χ1n) is 8.12. The number of sulfone groups is 1. The maximum Gasteiger partial charge on any atom is 0.193 e. The van der Waals surface area contributed by atoms with Crippen LogP contribution in [0.5, 0.6) is 5.75 Å². The first-order valence-corrected chi connectivity index (χ1v) is 9.78. The zero-order valence-electron chi connectivity index (χ0n) is 15.3. The fourth-order valence-electron chi connectivity index (χ4n) is 2.62. The van der Waals surface area contributed by atoms with Gasteiger partial charge in [0.25, 0.3) is 0 Å². The summed E-state index contributed by atoms with van der Waals surface area (Å²) in [7, 11) is -1.34. The van der Waals surface area contributed by atoms with Gasteiger partial charge in [0.1, 0.15) is 12.4 Å². The molecule has 0 bridgehead atoms. The van der Waals surface area contributed by atoms with Gasteiger partial charge in [-0.05, 0) is 32.9 Å². The molecule has 1 N–H and O–H groups in total. The van der Waals surface area contributed by atoms with Crippen molar-refractivity contribution in [1.29, 1.82) is 0 Å². The summed E-state index contributed by atoms with van der Waals surface area (Å²) in [5, 5.41) is 3.24. The van der Waals surface area contributed by atoms with Gasteiger partial charge in [0.15, 0.2) is 15.8 Å². The number of rotatable bonds is 4. The van der Waals surface area contributed by atoms with E-state index in [9.17, 15) is 8.42 Å². The van der Waals surface area contributed by atoms with Gasteiger partial charge in [-0.25, -0.2) is 8.42 Å². The van der Waals surface area contributed by atoms with E-state index in [1.807, 2.05) is 36.1 Å². The van der Waals surface area contributed by atoms with Crippen LogP contribution in [0.4, 0.5) is 0 Å². The van der Waals surface area contributed by atoms with E-state index < -0.39 is 14.6 Å². The Morgan fingerprint density at radius 2 is 1.96 bits per heavy atom. The average molecular weight is 481 g/mol. The summed E-state index contributed by atoms with van der Waals surface area (Å²) in [6.07, 6.45) is 0. The lowest BCUT2D eigenvalue weighted by Crippen LogP contribution is -2.57. The molecule has 1 fully saturated rings. The number of hydrogen-bond acceptors (Lipinski definition) is 4. The number of hydrogen-bond donors (Lipinski definition) is 1. The molecule has 1 aliphatic rings. The van der Waals surface area contributed by atoms with Crippen molar-refractivity contribution in [3.63, 3.8) is 0 Å². The van der Waals surface area contributed by atoms with Crippen molar-refractivity contribution in [2.45, 2.75) is 25.5 Å². The molecular formula is C17H28IN3O3S. The van der Waals surface area contributed by atoms with Gasteiger partial charge in [-0.15, -0.1) is 24.0 Å². The van der Waals surface area contributed by atoms with Crippen molar-refractivity contribution in [3.05, 3.63) is 29.8 Å². The topological polar surface area (TPSA) is 71.0 Å². The van der Waals surface area contributed by atoms with Gasteiger partial charge in [-0.2, -0.15) is 0 Å². The minimum Gasteiger partial charge on any atom is -0.492 e. The lowest BCUT2D eigenvalue weighted by atomic mass is 10.2. The number of guanidine groups is 1. The smallest absolute Gasteiger partial charge is 0.193 e. The van der Waals surface area contributed by atoms with Crippen molar-refractivity contribution in [2.75, 3.05) is 39.0 Å². The quantitative estimate of drug-likeness (QED) is 0.309. The summed E-state index contributed by atoms with van der Waals surface area (Å²) in [5.41, 5.74) is 1.20. The Bertz CT molecular complexity index is 688. The van der Waals surface area contributed by atoms with E-state index in [0.717, 1.165) is 5.75 Å². The van der Waals surface area contributed by atoms with Gasteiger partial charge >= 0.3 is 0 Å². The molecule has 25 heavy (non-hydrogen) atoms. The minimum absolute atomic E-state index is 0. The molecule has 1 aromatic rings. The van der Waals surface area contributed by atoms with Crippen LogP contribution in [0.25, 0.3) is 0 Å². The number of nitrogens with zero attached hydrogens (tertiary/aromatic N) is 2. The molecule has 1 heterocycles. The zero-order chi connectivity index (χ0) is 17.8. The normalized spacial score (nSPS) is 19.0. The van der Waals surface area contributed by atoms with Gasteiger partial charge in [0.2, 0.25) is 0 Å². The summed E-state index contributed by atoms with van der Waals surface area (Å²) < 4.78 is 29.1.